The number of thioether (sulfide) groups is 1. The quantitative estimate of drug-likeness (QED) is 0.283. The lowest BCUT2D eigenvalue weighted by Crippen LogP contribution is -2.71. The van der Waals surface area contributed by atoms with Gasteiger partial charge in [-0.05, 0) is 17.2 Å². The summed E-state index contributed by atoms with van der Waals surface area (Å²) in [6.07, 6.45) is 3.24. The first-order chi connectivity index (χ1) is 16.8. The molecule has 1 fully saturated rings. The minimum absolute atomic E-state index is 0.152. The molecule has 2 aliphatic rings. The Morgan fingerprint density at radius 3 is 2.83 bits per heavy atom. The lowest BCUT2D eigenvalue weighted by molar-refractivity contribution is -0.150. The molecule has 0 aliphatic carbocycles. The smallest absolute Gasteiger partial charge is 0.352 e. The summed E-state index contributed by atoms with van der Waals surface area (Å²) in [5, 5.41) is 26.5. The molecule has 1 aromatic carbocycles. The third kappa shape index (κ3) is 4.61. The van der Waals surface area contributed by atoms with Crippen LogP contribution in [0.1, 0.15) is 16.8 Å². The first-order valence-electron chi connectivity index (χ1n) is 10.1. The molecule has 1 aromatic heterocycles. The highest BCUT2D eigenvalue weighted by Gasteiger charge is 2.54. The number of rotatable bonds is 7. The second-order valence-corrected chi connectivity index (χ2v) is 9.26. The maximum Gasteiger partial charge on any atom is 0.352 e. The van der Waals surface area contributed by atoms with Crippen LogP contribution in [0.3, 0.4) is 0 Å². The number of nitriles is 1. The number of hydrogen-bond donors (Lipinski definition) is 3. The van der Waals surface area contributed by atoms with Gasteiger partial charge in [-0.3, -0.25) is 14.5 Å². The van der Waals surface area contributed by atoms with Gasteiger partial charge in [-0.25, -0.2) is 9.78 Å². The number of amides is 2. The van der Waals surface area contributed by atoms with Gasteiger partial charge in [0.25, 0.3) is 11.8 Å². The Morgan fingerprint density at radius 1 is 1.40 bits per heavy atom. The molecular formula is C22H18N6O5S2. The van der Waals surface area contributed by atoms with E-state index in [0.717, 1.165) is 16.2 Å². The van der Waals surface area contributed by atoms with E-state index in [1.54, 1.807) is 36.4 Å². The summed E-state index contributed by atoms with van der Waals surface area (Å²) in [5.41, 5.74) is 7.01. The number of nitrogens with two attached hydrogens (primary N) is 1. The van der Waals surface area contributed by atoms with Crippen LogP contribution in [0.5, 0.6) is 0 Å². The zero-order valence-corrected chi connectivity index (χ0v) is 19.8. The van der Waals surface area contributed by atoms with Crippen molar-refractivity contribution < 1.29 is 24.3 Å². The Bertz CT molecular complexity index is 1340. The van der Waals surface area contributed by atoms with Crippen molar-refractivity contribution in [1.29, 1.82) is 5.26 Å². The Balaban J connectivity index is 1.55. The minimum Gasteiger partial charge on any atom is -0.477 e. The van der Waals surface area contributed by atoms with Crippen LogP contribution in [0, 0.1) is 11.3 Å². The number of β-lactam (4-membered cyclic amide) rings is 1. The van der Waals surface area contributed by atoms with Crippen LogP contribution >= 0.6 is 23.1 Å². The number of carbonyl (C=O) groups is 3. The summed E-state index contributed by atoms with van der Waals surface area (Å²) in [4.78, 5) is 47.7. The zero-order valence-electron chi connectivity index (χ0n) is 18.2. The number of benzene rings is 1. The van der Waals surface area contributed by atoms with E-state index in [2.05, 4.69) is 21.5 Å². The third-order valence-corrected chi connectivity index (χ3v) is 7.17. The van der Waals surface area contributed by atoms with Crippen LogP contribution < -0.4 is 11.1 Å². The molecule has 35 heavy (non-hydrogen) atoms. The summed E-state index contributed by atoms with van der Waals surface area (Å²) in [6.45, 7) is 0. The summed E-state index contributed by atoms with van der Waals surface area (Å²) >= 11 is 2.43. The van der Waals surface area contributed by atoms with Crippen LogP contribution in [0.15, 0.2) is 52.1 Å². The lowest BCUT2D eigenvalue weighted by Gasteiger charge is -2.49. The number of carbonyl (C=O) groups excluding carboxylic acids is 2. The molecule has 2 aromatic rings. The maximum absolute atomic E-state index is 12.9. The fourth-order valence-electron chi connectivity index (χ4n) is 3.61. The predicted octanol–water partition coefficient (Wildman–Crippen LogP) is 1.40. The van der Waals surface area contributed by atoms with E-state index in [-0.39, 0.29) is 28.0 Å². The number of oxime groups is 1. The Labute approximate surface area is 207 Å². The molecule has 13 heteroatoms. The van der Waals surface area contributed by atoms with Crippen molar-refractivity contribution in [2.75, 3.05) is 18.6 Å². The van der Waals surface area contributed by atoms with Gasteiger partial charge in [0.2, 0.25) is 0 Å². The van der Waals surface area contributed by atoms with Gasteiger partial charge in [0.1, 0.15) is 29.9 Å². The van der Waals surface area contributed by atoms with E-state index >= 15 is 0 Å². The number of carboxylic acid groups (broad SMARTS) is 1. The number of aliphatic carboxylic acids is 1. The van der Waals surface area contributed by atoms with Crippen LogP contribution in [-0.4, -0.2) is 62.8 Å². The highest BCUT2D eigenvalue weighted by molar-refractivity contribution is 8.00. The zero-order chi connectivity index (χ0) is 25.1. The van der Waals surface area contributed by atoms with Crippen molar-refractivity contribution in [3.63, 3.8) is 0 Å². The number of allylic oxidation sites excluding steroid dienone is 1. The third-order valence-electron chi connectivity index (χ3n) is 5.19. The number of nitrogen functional groups attached to an aromatic ring is 1. The van der Waals surface area contributed by atoms with Gasteiger partial charge in [-0.1, -0.05) is 35.5 Å². The number of aromatic nitrogens is 1. The monoisotopic (exact) mass is 510 g/mol. The molecule has 4 N–H and O–H groups in total. The fraction of sp³-hybridized carbons (Fsp3) is 0.182. The van der Waals surface area contributed by atoms with Crippen molar-refractivity contribution in [1.82, 2.24) is 15.2 Å². The minimum atomic E-state index is -1.26. The molecule has 178 valence electrons. The molecular weight excluding hydrogens is 492 g/mol. The first kappa shape index (κ1) is 24.0. The van der Waals surface area contributed by atoms with Gasteiger partial charge in [-0.15, -0.1) is 23.1 Å². The van der Waals surface area contributed by atoms with Gasteiger partial charge in [-0.2, -0.15) is 5.26 Å². The predicted molar refractivity (Wildman–Crippen MR) is 130 cm³/mol. The van der Waals surface area contributed by atoms with Gasteiger partial charge in [0, 0.05) is 11.1 Å². The average molecular weight is 511 g/mol. The molecule has 4 rings (SSSR count). The van der Waals surface area contributed by atoms with Crippen LogP contribution in [-0.2, 0) is 19.2 Å². The second kappa shape index (κ2) is 10.00. The van der Waals surface area contributed by atoms with Crippen molar-refractivity contribution in [2.24, 2.45) is 5.16 Å². The molecule has 0 radical (unpaired) electrons. The molecule has 3 heterocycles. The summed E-state index contributed by atoms with van der Waals surface area (Å²) in [5.74, 6) is -2.24. The number of nitrogens with one attached hydrogen (secondary N) is 1. The van der Waals surface area contributed by atoms with Crippen molar-refractivity contribution >= 4 is 57.8 Å². The number of hydrogen-bond acceptors (Lipinski definition) is 10. The standard InChI is InChI=1S/C22H18N6O5S2/c1-33-27-15(14-10-35-22(24)25-14)18(29)26-16-19(30)28-17(21(31)32)13(9-34-20(16)28)7-6-11-4-2-3-5-12(11)8-23/h2-7,10,16,20H,9H2,1H3,(H2,24,25)(H,26,29)(H,31,32)/t16?,20-/m0/s1. The molecule has 2 aliphatic heterocycles. The molecule has 2 amide bonds. The van der Waals surface area contributed by atoms with E-state index in [9.17, 15) is 24.8 Å². The summed E-state index contributed by atoms with van der Waals surface area (Å²) in [6, 6.07) is 8.03. The van der Waals surface area contributed by atoms with Crippen LogP contribution in [0.25, 0.3) is 6.08 Å². The molecule has 0 bridgehead atoms. The maximum atomic E-state index is 12.9. The SMILES string of the molecule is CON=C(C(=O)NC1C(=O)N2C(C(=O)O)=C(C=Cc3ccccc3C#N)CS[C@@H]12)c1csc(N)n1. The Hall–Kier alpha value is -4.15. The summed E-state index contributed by atoms with van der Waals surface area (Å²) in [7, 11) is 1.27. The van der Waals surface area contributed by atoms with Crippen LogP contribution in [0.2, 0.25) is 0 Å². The van der Waals surface area contributed by atoms with E-state index in [1.165, 1.54) is 24.3 Å². The highest BCUT2D eigenvalue weighted by atomic mass is 32.2. The molecule has 0 saturated carbocycles. The van der Waals surface area contributed by atoms with E-state index in [1.807, 2.05) is 0 Å². The van der Waals surface area contributed by atoms with Gasteiger partial charge in [0.15, 0.2) is 10.8 Å². The fourth-order valence-corrected chi connectivity index (χ4v) is 5.47. The van der Waals surface area contributed by atoms with E-state index in [0.29, 0.717) is 16.7 Å². The largest absolute Gasteiger partial charge is 0.477 e. The Kier molecular flexibility index (Phi) is 6.85. The molecule has 2 atom stereocenters. The van der Waals surface area contributed by atoms with Crippen LogP contribution in [0.4, 0.5) is 5.13 Å². The van der Waals surface area contributed by atoms with Gasteiger partial charge < -0.3 is 21.0 Å². The molecule has 0 spiro atoms. The van der Waals surface area contributed by atoms with Crippen molar-refractivity contribution in [3.05, 3.63) is 63.8 Å². The van der Waals surface area contributed by atoms with Crippen molar-refractivity contribution in [3.8, 4) is 6.07 Å². The van der Waals surface area contributed by atoms with E-state index in [4.69, 9.17) is 10.6 Å². The second-order valence-electron chi connectivity index (χ2n) is 7.27. The number of thiazole rings is 1. The first-order valence-corrected chi connectivity index (χ1v) is 12.0. The topological polar surface area (TPSA) is 171 Å². The number of fused-ring (bicyclic) bond motifs is 1. The molecule has 1 unspecified atom stereocenters. The Morgan fingerprint density at radius 2 is 2.17 bits per heavy atom. The number of anilines is 1. The average Bonchev–Trinajstić information content (AvgIpc) is 3.29. The highest BCUT2D eigenvalue weighted by Crippen LogP contribution is 2.40. The number of carboxylic acids is 1. The van der Waals surface area contributed by atoms with Gasteiger partial charge >= 0.3 is 5.97 Å². The molecule has 11 nitrogen and oxygen atoms in total. The lowest BCUT2D eigenvalue weighted by atomic mass is 10.0. The normalized spacial score (nSPS) is 19.7. The van der Waals surface area contributed by atoms with Gasteiger partial charge in [0.05, 0.1) is 11.6 Å². The number of nitrogens with zero attached hydrogens (tertiary/aromatic N) is 4. The summed E-state index contributed by atoms with van der Waals surface area (Å²) < 4.78 is 0. The van der Waals surface area contributed by atoms with Crippen molar-refractivity contribution in [2.45, 2.75) is 11.4 Å². The van der Waals surface area contributed by atoms with E-state index < -0.39 is 29.2 Å². The molecule has 1 saturated heterocycles.